The molecule has 0 aliphatic carbocycles. The highest BCUT2D eigenvalue weighted by atomic mass is 14.9. The third kappa shape index (κ3) is 2.34. The van der Waals surface area contributed by atoms with Gasteiger partial charge in [0.1, 0.15) is 0 Å². The first kappa shape index (κ1) is 9.69. The largest absolute Gasteiger partial charge is 0.324 e. The molecular weight excluding hydrogens is 172 g/mol. The maximum atomic E-state index is 6.13. The number of hydrogen-bond acceptors (Lipinski definition) is 2. The Balaban J connectivity index is 1.92. The number of nitrogens with one attached hydrogen (secondary N) is 1. The molecule has 2 heteroatoms. The van der Waals surface area contributed by atoms with Crippen LogP contribution in [0.3, 0.4) is 0 Å². The summed E-state index contributed by atoms with van der Waals surface area (Å²) in [4.78, 5) is 0. The molecule has 2 unspecified atom stereocenters. The first-order valence-corrected chi connectivity index (χ1v) is 5.40. The predicted molar refractivity (Wildman–Crippen MR) is 59.0 cm³/mol. The Morgan fingerprint density at radius 2 is 2.14 bits per heavy atom. The minimum Gasteiger partial charge on any atom is -0.324 e. The standard InChI is InChI=1S/C12H18N2/c13-12(9-11-7-4-8-14-11)10-5-2-1-3-6-10/h1-3,5-6,11-12,14H,4,7-9,13H2. The Morgan fingerprint density at radius 3 is 2.79 bits per heavy atom. The third-order valence-corrected chi connectivity index (χ3v) is 2.93. The molecule has 0 spiro atoms. The lowest BCUT2D eigenvalue weighted by molar-refractivity contribution is 0.499. The first-order chi connectivity index (χ1) is 6.86. The van der Waals surface area contributed by atoms with Gasteiger partial charge in [0.15, 0.2) is 0 Å². The molecule has 2 atom stereocenters. The molecule has 0 amide bonds. The normalized spacial score (nSPS) is 23.6. The van der Waals surface area contributed by atoms with Crippen LogP contribution in [0.1, 0.15) is 30.9 Å². The fraction of sp³-hybridized carbons (Fsp3) is 0.500. The lowest BCUT2D eigenvalue weighted by Gasteiger charge is -2.16. The smallest absolute Gasteiger partial charge is 0.0309 e. The second kappa shape index (κ2) is 4.58. The van der Waals surface area contributed by atoms with Crippen LogP contribution in [0.2, 0.25) is 0 Å². The Morgan fingerprint density at radius 1 is 1.36 bits per heavy atom. The highest BCUT2D eigenvalue weighted by Gasteiger charge is 2.17. The minimum atomic E-state index is 0.187. The van der Waals surface area contributed by atoms with E-state index in [0.29, 0.717) is 6.04 Å². The molecule has 76 valence electrons. The molecule has 0 radical (unpaired) electrons. The van der Waals surface area contributed by atoms with Crippen molar-refractivity contribution in [2.75, 3.05) is 6.54 Å². The molecule has 3 N–H and O–H groups in total. The van der Waals surface area contributed by atoms with Gasteiger partial charge < -0.3 is 11.1 Å². The molecule has 1 saturated heterocycles. The summed E-state index contributed by atoms with van der Waals surface area (Å²) < 4.78 is 0. The summed E-state index contributed by atoms with van der Waals surface area (Å²) in [5, 5.41) is 3.48. The van der Waals surface area contributed by atoms with Crippen molar-refractivity contribution < 1.29 is 0 Å². The highest BCUT2D eigenvalue weighted by Crippen LogP contribution is 2.19. The maximum absolute atomic E-state index is 6.13. The molecule has 2 rings (SSSR count). The van der Waals surface area contributed by atoms with E-state index in [1.807, 2.05) is 6.07 Å². The monoisotopic (exact) mass is 190 g/mol. The van der Waals surface area contributed by atoms with Crippen LogP contribution in [0.25, 0.3) is 0 Å². The molecule has 14 heavy (non-hydrogen) atoms. The SMILES string of the molecule is NC(CC1CCCN1)c1ccccc1. The van der Waals surface area contributed by atoms with Crippen molar-refractivity contribution in [2.45, 2.75) is 31.3 Å². The van der Waals surface area contributed by atoms with Crippen LogP contribution in [0.5, 0.6) is 0 Å². The van der Waals surface area contributed by atoms with Crippen molar-refractivity contribution in [1.82, 2.24) is 5.32 Å². The zero-order valence-electron chi connectivity index (χ0n) is 8.45. The van der Waals surface area contributed by atoms with E-state index >= 15 is 0 Å². The Labute approximate surface area is 85.5 Å². The van der Waals surface area contributed by atoms with Gasteiger partial charge in [-0.1, -0.05) is 30.3 Å². The van der Waals surface area contributed by atoms with Crippen LogP contribution in [0.15, 0.2) is 30.3 Å². The summed E-state index contributed by atoms with van der Waals surface area (Å²) >= 11 is 0. The molecule has 1 aliphatic rings. The summed E-state index contributed by atoms with van der Waals surface area (Å²) in [6.07, 6.45) is 3.64. The van der Waals surface area contributed by atoms with Crippen molar-refractivity contribution in [3.05, 3.63) is 35.9 Å². The molecule has 1 aromatic carbocycles. The average molecular weight is 190 g/mol. The van der Waals surface area contributed by atoms with Gasteiger partial charge in [-0.25, -0.2) is 0 Å². The molecule has 0 aromatic heterocycles. The van der Waals surface area contributed by atoms with Gasteiger partial charge in [-0.15, -0.1) is 0 Å². The van der Waals surface area contributed by atoms with Crippen molar-refractivity contribution in [2.24, 2.45) is 5.73 Å². The van der Waals surface area contributed by atoms with Gasteiger partial charge in [0.2, 0.25) is 0 Å². The Hall–Kier alpha value is -0.860. The fourth-order valence-electron chi connectivity index (χ4n) is 2.10. The number of hydrogen-bond donors (Lipinski definition) is 2. The number of rotatable bonds is 3. The quantitative estimate of drug-likeness (QED) is 0.763. The first-order valence-electron chi connectivity index (χ1n) is 5.40. The third-order valence-electron chi connectivity index (χ3n) is 2.93. The molecule has 1 fully saturated rings. The van der Waals surface area contributed by atoms with E-state index in [0.717, 1.165) is 13.0 Å². The summed E-state index contributed by atoms with van der Waals surface area (Å²) in [5.74, 6) is 0. The van der Waals surface area contributed by atoms with Crippen LogP contribution < -0.4 is 11.1 Å². The van der Waals surface area contributed by atoms with E-state index in [9.17, 15) is 0 Å². The molecule has 1 aromatic rings. The van der Waals surface area contributed by atoms with Gasteiger partial charge in [-0.05, 0) is 31.4 Å². The topological polar surface area (TPSA) is 38.0 Å². The molecule has 2 nitrogen and oxygen atoms in total. The van der Waals surface area contributed by atoms with E-state index in [1.165, 1.54) is 18.4 Å². The lowest BCUT2D eigenvalue weighted by Crippen LogP contribution is -2.26. The van der Waals surface area contributed by atoms with E-state index < -0.39 is 0 Å². The zero-order valence-corrected chi connectivity index (χ0v) is 8.45. The van der Waals surface area contributed by atoms with Crippen LogP contribution >= 0.6 is 0 Å². The van der Waals surface area contributed by atoms with Gasteiger partial charge in [-0.3, -0.25) is 0 Å². The van der Waals surface area contributed by atoms with Gasteiger partial charge in [0.05, 0.1) is 0 Å². The van der Waals surface area contributed by atoms with E-state index in [2.05, 4.69) is 29.6 Å². The molecular formula is C12H18N2. The van der Waals surface area contributed by atoms with Crippen LogP contribution in [-0.4, -0.2) is 12.6 Å². The van der Waals surface area contributed by atoms with E-state index in [4.69, 9.17) is 5.73 Å². The Kier molecular flexibility index (Phi) is 3.17. The number of benzene rings is 1. The minimum absolute atomic E-state index is 0.187. The number of nitrogens with two attached hydrogens (primary N) is 1. The van der Waals surface area contributed by atoms with E-state index in [-0.39, 0.29) is 6.04 Å². The second-order valence-electron chi connectivity index (χ2n) is 4.05. The summed E-state index contributed by atoms with van der Waals surface area (Å²) in [6, 6.07) is 11.2. The van der Waals surface area contributed by atoms with Crippen molar-refractivity contribution in [1.29, 1.82) is 0 Å². The molecule has 0 saturated carbocycles. The van der Waals surface area contributed by atoms with Crippen LogP contribution in [-0.2, 0) is 0 Å². The summed E-state index contributed by atoms with van der Waals surface area (Å²) in [5.41, 5.74) is 7.39. The fourth-order valence-corrected chi connectivity index (χ4v) is 2.10. The van der Waals surface area contributed by atoms with Gasteiger partial charge in [0.25, 0.3) is 0 Å². The average Bonchev–Trinajstić information content (AvgIpc) is 2.72. The van der Waals surface area contributed by atoms with Crippen molar-refractivity contribution in [3.8, 4) is 0 Å². The molecule has 1 heterocycles. The zero-order chi connectivity index (χ0) is 9.80. The second-order valence-corrected chi connectivity index (χ2v) is 4.05. The summed E-state index contributed by atoms with van der Waals surface area (Å²) in [6.45, 7) is 1.16. The van der Waals surface area contributed by atoms with Crippen LogP contribution in [0.4, 0.5) is 0 Å². The predicted octanol–water partition coefficient (Wildman–Crippen LogP) is 1.83. The molecule has 0 bridgehead atoms. The van der Waals surface area contributed by atoms with Crippen molar-refractivity contribution in [3.63, 3.8) is 0 Å². The lowest BCUT2D eigenvalue weighted by atomic mass is 9.99. The van der Waals surface area contributed by atoms with Gasteiger partial charge in [0, 0.05) is 12.1 Å². The highest BCUT2D eigenvalue weighted by molar-refractivity contribution is 5.18. The van der Waals surface area contributed by atoms with Crippen LogP contribution in [0, 0.1) is 0 Å². The summed E-state index contributed by atoms with van der Waals surface area (Å²) in [7, 11) is 0. The van der Waals surface area contributed by atoms with Crippen molar-refractivity contribution >= 4 is 0 Å². The van der Waals surface area contributed by atoms with Gasteiger partial charge >= 0.3 is 0 Å². The van der Waals surface area contributed by atoms with Gasteiger partial charge in [-0.2, -0.15) is 0 Å². The Bertz CT molecular complexity index is 265. The molecule has 1 aliphatic heterocycles. The maximum Gasteiger partial charge on any atom is 0.0309 e. The van der Waals surface area contributed by atoms with E-state index in [1.54, 1.807) is 0 Å².